The maximum atomic E-state index is 13.8. The zero-order chi connectivity index (χ0) is 22.9. The number of carbonyl (C=O) groups excluding carboxylic acids is 2. The molecule has 0 bridgehead atoms. The summed E-state index contributed by atoms with van der Waals surface area (Å²) in [6.45, 7) is 1.80. The van der Waals surface area contributed by atoms with E-state index in [9.17, 15) is 32.3 Å². The van der Waals surface area contributed by atoms with E-state index in [4.69, 9.17) is 11.6 Å². The summed E-state index contributed by atoms with van der Waals surface area (Å²) >= 11 is 6.04. The Kier molecular flexibility index (Phi) is 6.16. The lowest BCUT2D eigenvalue weighted by molar-refractivity contribution is 0.101. The third-order valence-electron chi connectivity index (χ3n) is 4.21. The largest absolute Gasteiger partial charge is 0.506 e. The molecule has 3 aromatic rings. The predicted octanol–water partition coefficient (Wildman–Crippen LogP) is 5.42. The highest BCUT2D eigenvalue weighted by atomic mass is 35.5. The van der Waals surface area contributed by atoms with Gasteiger partial charge in [-0.05, 0) is 31.2 Å². The average Bonchev–Trinajstić information content (AvgIpc) is 2.72. The number of nitrogens with one attached hydrogen (secondary N) is 2. The normalized spacial score (nSPS) is 10.6. The van der Waals surface area contributed by atoms with Crippen molar-refractivity contribution in [3.8, 4) is 5.75 Å². The molecule has 0 aliphatic carbocycles. The first-order chi connectivity index (χ1) is 14.6. The number of halogens is 5. The molecule has 0 saturated heterocycles. The lowest BCUT2D eigenvalue weighted by Gasteiger charge is -2.13. The standard InChI is InChI=1S/C21H13ClF4N2O3/c1-9-3-2-4-10(5-9)20(30)28-15-7-12(22)14(8-16(15)29)27-21(31)11-6-13(23)18(25)19(26)17(11)24/h2-8,29H,1H3,(H,27,31)(H,28,30). The van der Waals surface area contributed by atoms with Gasteiger partial charge in [0, 0.05) is 11.6 Å². The van der Waals surface area contributed by atoms with E-state index in [2.05, 4.69) is 10.6 Å². The highest BCUT2D eigenvalue weighted by Gasteiger charge is 2.24. The summed E-state index contributed by atoms with van der Waals surface area (Å²) in [5, 5.41) is 14.5. The Balaban J connectivity index is 1.84. The topological polar surface area (TPSA) is 78.4 Å². The second kappa shape index (κ2) is 8.65. The number of rotatable bonds is 4. The number of phenolic OH excluding ortho intramolecular Hbond substituents is 1. The highest BCUT2D eigenvalue weighted by molar-refractivity contribution is 6.34. The van der Waals surface area contributed by atoms with Crippen molar-refractivity contribution in [1.29, 1.82) is 0 Å². The van der Waals surface area contributed by atoms with Crippen LogP contribution in [0.2, 0.25) is 5.02 Å². The number of amides is 2. The molecule has 0 spiro atoms. The summed E-state index contributed by atoms with van der Waals surface area (Å²) in [5.74, 6) is -10.2. The van der Waals surface area contributed by atoms with E-state index in [1.807, 2.05) is 0 Å². The molecular formula is C21H13ClF4N2O3. The van der Waals surface area contributed by atoms with E-state index in [-0.39, 0.29) is 22.5 Å². The van der Waals surface area contributed by atoms with Crippen LogP contribution in [0.3, 0.4) is 0 Å². The minimum atomic E-state index is -2.15. The van der Waals surface area contributed by atoms with E-state index in [0.717, 1.165) is 17.7 Å². The third kappa shape index (κ3) is 4.61. The Bertz CT molecular complexity index is 1220. The van der Waals surface area contributed by atoms with Crippen LogP contribution in [0.4, 0.5) is 28.9 Å². The molecule has 0 radical (unpaired) electrons. The van der Waals surface area contributed by atoms with E-state index < -0.39 is 46.4 Å². The quantitative estimate of drug-likeness (QED) is 0.214. The Morgan fingerprint density at radius 3 is 2.23 bits per heavy atom. The van der Waals surface area contributed by atoms with E-state index in [0.29, 0.717) is 5.56 Å². The monoisotopic (exact) mass is 452 g/mol. The number of hydrogen-bond donors (Lipinski definition) is 3. The number of carbonyl (C=O) groups is 2. The molecule has 0 aliphatic rings. The lowest BCUT2D eigenvalue weighted by Crippen LogP contribution is -2.17. The molecule has 3 N–H and O–H groups in total. The minimum Gasteiger partial charge on any atom is -0.506 e. The molecule has 10 heteroatoms. The molecule has 2 amide bonds. The molecule has 0 aliphatic heterocycles. The maximum absolute atomic E-state index is 13.8. The zero-order valence-electron chi connectivity index (χ0n) is 15.7. The summed E-state index contributed by atoms with van der Waals surface area (Å²) in [6, 6.07) is 8.90. The number of phenols is 1. The lowest BCUT2D eigenvalue weighted by atomic mass is 10.1. The van der Waals surface area contributed by atoms with Crippen molar-refractivity contribution in [3.05, 3.63) is 87.4 Å². The SMILES string of the molecule is Cc1cccc(C(=O)Nc2cc(Cl)c(NC(=O)c3cc(F)c(F)c(F)c3F)cc2O)c1. The summed E-state index contributed by atoms with van der Waals surface area (Å²) < 4.78 is 53.6. The van der Waals surface area contributed by atoms with Crippen molar-refractivity contribution in [2.75, 3.05) is 10.6 Å². The summed E-state index contributed by atoms with van der Waals surface area (Å²) in [5.41, 5.74) is -0.275. The molecule has 3 rings (SSSR count). The van der Waals surface area contributed by atoms with Crippen LogP contribution in [0.1, 0.15) is 26.3 Å². The smallest absolute Gasteiger partial charge is 0.258 e. The van der Waals surface area contributed by atoms with Gasteiger partial charge < -0.3 is 15.7 Å². The van der Waals surface area contributed by atoms with Crippen molar-refractivity contribution >= 4 is 34.8 Å². The van der Waals surface area contributed by atoms with Crippen LogP contribution in [-0.4, -0.2) is 16.9 Å². The van der Waals surface area contributed by atoms with Gasteiger partial charge in [-0.1, -0.05) is 29.3 Å². The van der Waals surface area contributed by atoms with Crippen LogP contribution in [0, 0.1) is 30.2 Å². The van der Waals surface area contributed by atoms with E-state index >= 15 is 0 Å². The minimum absolute atomic E-state index is 0.0837. The second-order valence-corrected chi connectivity index (χ2v) is 6.88. The van der Waals surface area contributed by atoms with Crippen molar-refractivity contribution in [2.24, 2.45) is 0 Å². The van der Waals surface area contributed by atoms with E-state index in [1.165, 1.54) is 0 Å². The Morgan fingerprint density at radius 2 is 1.55 bits per heavy atom. The zero-order valence-corrected chi connectivity index (χ0v) is 16.5. The van der Waals surface area contributed by atoms with Crippen LogP contribution in [-0.2, 0) is 0 Å². The molecule has 0 fully saturated rings. The highest BCUT2D eigenvalue weighted by Crippen LogP contribution is 2.34. The first kappa shape index (κ1) is 22.1. The van der Waals surface area contributed by atoms with Crippen molar-refractivity contribution < 1.29 is 32.3 Å². The third-order valence-corrected chi connectivity index (χ3v) is 4.52. The maximum Gasteiger partial charge on any atom is 0.258 e. The van der Waals surface area contributed by atoms with Gasteiger partial charge in [0.25, 0.3) is 11.8 Å². The Morgan fingerprint density at radius 1 is 0.871 bits per heavy atom. The molecule has 3 aromatic carbocycles. The van der Waals surface area contributed by atoms with Gasteiger partial charge in [-0.3, -0.25) is 9.59 Å². The number of aromatic hydroxyl groups is 1. The Hall–Kier alpha value is -3.59. The van der Waals surface area contributed by atoms with Crippen molar-refractivity contribution in [2.45, 2.75) is 6.92 Å². The first-order valence-electron chi connectivity index (χ1n) is 8.63. The Labute approximate surface area is 178 Å². The van der Waals surface area contributed by atoms with Gasteiger partial charge in [0.15, 0.2) is 23.3 Å². The van der Waals surface area contributed by atoms with Gasteiger partial charge in [0.1, 0.15) is 5.75 Å². The molecule has 0 unspecified atom stereocenters. The van der Waals surface area contributed by atoms with Crippen LogP contribution < -0.4 is 10.6 Å². The van der Waals surface area contributed by atoms with Crippen LogP contribution in [0.25, 0.3) is 0 Å². The number of benzene rings is 3. The summed E-state index contributed by atoms with van der Waals surface area (Å²) in [6.07, 6.45) is 0. The molecule has 160 valence electrons. The molecule has 0 heterocycles. The van der Waals surface area contributed by atoms with Gasteiger partial charge in [0.05, 0.1) is 22.0 Å². The van der Waals surface area contributed by atoms with Crippen LogP contribution >= 0.6 is 11.6 Å². The summed E-state index contributed by atoms with van der Waals surface area (Å²) in [7, 11) is 0. The molecule has 5 nitrogen and oxygen atoms in total. The second-order valence-electron chi connectivity index (χ2n) is 6.47. The van der Waals surface area contributed by atoms with Crippen LogP contribution in [0.15, 0.2) is 42.5 Å². The fourth-order valence-corrected chi connectivity index (χ4v) is 2.88. The van der Waals surface area contributed by atoms with Gasteiger partial charge in [-0.25, -0.2) is 17.6 Å². The fourth-order valence-electron chi connectivity index (χ4n) is 2.67. The molecule has 0 atom stereocenters. The van der Waals surface area contributed by atoms with Gasteiger partial charge in [0.2, 0.25) is 0 Å². The number of aryl methyl sites for hydroxylation is 1. The molecule has 0 saturated carbocycles. The number of hydrogen-bond acceptors (Lipinski definition) is 3. The van der Waals surface area contributed by atoms with Gasteiger partial charge >= 0.3 is 0 Å². The predicted molar refractivity (Wildman–Crippen MR) is 106 cm³/mol. The number of anilines is 2. The van der Waals surface area contributed by atoms with Gasteiger partial charge in [-0.15, -0.1) is 0 Å². The van der Waals surface area contributed by atoms with Crippen LogP contribution in [0.5, 0.6) is 5.75 Å². The molecule has 31 heavy (non-hydrogen) atoms. The summed E-state index contributed by atoms with van der Waals surface area (Å²) in [4.78, 5) is 24.5. The molecule has 0 aromatic heterocycles. The van der Waals surface area contributed by atoms with Crippen molar-refractivity contribution in [3.63, 3.8) is 0 Å². The van der Waals surface area contributed by atoms with Gasteiger partial charge in [-0.2, -0.15) is 0 Å². The van der Waals surface area contributed by atoms with Crippen molar-refractivity contribution in [1.82, 2.24) is 0 Å². The average molecular weight is 453 g/mol. The fraction of sp³-hybridized carbons (Fsp3) is 0.0476. The first-order valence-corrected chi connectivity index (χ1v) is 9.01. The molecular weight excluding hydrogens is 440 g/mol. The van der Waals surface area contributed by atoms with E-state index in [1.54, 1.807) is 31.2 Å².